The van der Waals surface area contributed by atoms with E-state index in [1.165, 1.54) is 57.8 Å². The molecule has 0 aliphatic heterocycles. The van der Waals surface area contributed by atoms with E-state index in [9.17, 15) is 38.8 Å². The number of phosphoric ester groups is 1. The number of carbonyl (C=O) groups is 4. The predicted molar refractivity (Wildman–Crippen MR) is 236 cm³/mol. The number of carboxylic acid groups (broad SMARTS) is 1. The summed E-state index contributed by atoms with van der Waals surface area (Å²) in [6.45, 7) is 2.42. The lowest BCUT2D eigenvalue weighted by molar-refractivity contribution is -0.161. The van der Waals surface area contributed by atoms with Gasteiger partial charge in [0.25, 0.3) is 0 Å². The van der Waals surface area contributed by atoms with Crippen LogP contribution in [-0.4, -0.2) is 88.1 Å². The lowest BCUT2D eigenvalue weighted by Crippen LogP contribution is -2.34. The Labute approximate surface area is 365 Å². The Hall–Kier alpha value is -2.71. The highest BCUT2D eigenvalue weighted by atomic mass is 31.2. The molecule has 0 spiro atoms. The molecule has 7 atom stereocenters. The van der Waals surface area contributed by atoms with Gasteiger partial charge in [-0.25, -0.2) is 4.57 Å². The molecule has 1 unspecified atom stereocenters. The maximum absolute atomic E-state index is 12.7. The quantitative estimate of drug-likeness (QED) is 0.0168. The van der Waals surface area contributed by atoms with E-state index in [0.29, 0.717) is 32.1 Å². The second kappa shape index (κ2) is 35.7. The summed E-state index contributed by atoms with van der Waals surface area (Å²) >= 11 is 0. The van der Waals surface area contributed by atoms with Crippen LogP contribution in [0.2, 0.25) is 0 Å². The lowest BCUT2D eigenvalue weighted by atomic mass is 9.90. The molecule has 1 aliphatic carbocycles. The predicted octanol–water partition coefficient (Wildman–Crippen LogP) is 8.98. The van der Waals surface area contributed by atoms with Crippen LogP contribution in [-0.2, 0) is 42.3 Å². The first kappa shape index (κ1) is 56.3. The Morgan fingerprint density at radius 1 is 0.754 bits per heavy atom. The number of ketones is 1. The first-order valence-corrected chi connectivity index (χ1v) is 24.6. The van der Waals surface area contributed by atoms with Crippen molar-refractivity contribution in [3.63, 3.8) is 0 Å². The van der Waals surface area contributed by atoms with E-state index in [1.807, 2.05) is 12.2 Å². The highest BCUT2D eigenvalue weighted by Gasteiger charge is 2.39. The first-order valence-electron chi connectivity index (χ1n) is 23.1. The normalized spacial score (nSPS) is 19.4. The molecule has 0 heterocycles. The Kier molecular flexibility index (Phi) is 33.0. The summed E-state index contributed by atoms with van der Waals surface area (Å²) in [4.78, 5) is 58.7. The Balaban J connectivity index is 2.48. The highest BCUT2D eigenvalue weighted by Crippen LogP contribution is 2.43. The molecular formula is C46H80NO13P. The molecule has 0 aromatic rings. The van der Waals surface area contributed by atoms with Gasteiger partial charge in [-0.05, 0) is 57.8 Å². The van der Waals surface area contributed by atoms with Gasteiger partial charge in [0.1, 0.15) is 18.4 Å². The third-order valence-electron chi connectivity index (χ3n) is 10.7. The van der Waals surface area contributed by atoms with Crippen LogP contribution in [0.15, 0.2) is 36.5 Å². The number of aliphatic hydroxyl groups is 2. The summed E-state index contributed by atoms with van der Waals surface area (Å²) in [6.07, 6.45) is 31.5. The molecular weight excluding hydrogens is 805 g/mol. The van der Waals surface area contributed by atoms with Gasteiger partial charge in [0.2, 0.25) is 0 Å². The Bertz CT molecular complexity index is 1340. The molecule has 14 nitrogen and oxygen atoms in total. The third kappa shape index (κ3) is 30.1. The number of ether oxygens (including phenoxy) is 2. The fraction of sp³-hybridized carbons (Fsp3) is 0.783. The fourth-order valence-corrected chi connectivity index (χ4v) is 7.76. The topological polar surface area (TPSA) is 229 Å². The number of allylic oxidation sites excluding steroid dienone is 5. The van der Waals surface area contributed by atoms with Crippen LogP contribution in [0.4, 0.5) is 0 Å². The lowest BCUT2D eigenvalue weighted by Gasteiger charge is -2.20. The Morgan fingerprint density at radius 2 is 1.30 bits per heavy atom. The van der Waals surface area contributed by atoms with Gasteiger partial charge in [0, 0.05) is 31.1 Å². The van der Waals surface area contributed by atoms with Crippen molar-refractivity contribution in [1.29, 1.82) is 0 Å². The van der Waals surface area contributed by atoms with Crippen LogP contribution in [0.1, 0.15) is 174 Å². The zero-order valence-corrected chi connectivity index (χ0v) is 38.1. The maximum Gasteiger partial charge on any atom is 0.472 e. The van der Waals surface area contributed by atoms with E-state index in [-0.39, 0.29) is 31.0 Å². The summed E-state index contributed by atoms with van der Waals surface area (Å²) < 4.78 is 32.7. The molecule has 1 saturated carbocycles. The van der Waals surface area contributed by atoms with Gasteiger partial charge in [0.05, 0.1) is 25.4 Å². The van der Waals surface area contributed by atoms with E-state index in [0.717, 1.165) is 51.4 Å². The molecule has 1 aliphatic rings. The van der Waals surface area contributed by atoms with E-state index in [2.05, 4.69) is 30.5 Å². The number of nitrogens with two attached hydrogens (primary N) is 1. The number of aliphatic carboxylic acids is 1. The van der Waals surface area contributed by atoms with Crippen molar-refractivity contribution >= 4 is 31.5 Å². The van der Waals surface area contributed by atoms with Crippen molar-refractivity contribution in [2.24, 2.45) is 17.6 Å². The van der Waals surface area contributed by atoms with Gasteiger partial charge < -0.3 is 35.4 Å². The fourth-order valence-electron chi connectivity index (χ4n) is 6.98. The van der Waals surface area contributed by atoms with Crippen LogP contribution in [0.5, 0.6) is 0 Å². The average Bonchev–Trinajstić information content (AvgIpc) is 3.49. The minimum absolute atomic E-state index is 0.0304. The number of rotatable bonds is 39. The number of hydrogen-bond acceptors (Lipinski definition) is 12. The number of carboxylic acids is 1. The summed E-state index contributed by atoms with van der Waals surface area (Å²) in [6, 6.07) is -1.57. The molecule has 0 aromatic carbocycles. The second-order valence-corrected chi connectivity index (χ2v) is 17.8. The molecule has 0 aromatic heterocycles. The monoisotopic (exact) mass is 886 g/mol. The summed E-state index contributed by atoms with van der Waals surface area (Å²) in [5, 5.41) is 29.6. The molecule has 352 valence electrons. The molecule has 0 amide bonds. The van der Waals surface area contributed by atoms with Crippen LogP contribution in [0.3, 0.4) is 0 Å². The van der Waals surface area contributed by atoms with Crippen LogP contribution in [0, 0.1) is 11.8 Å². The van der Waals surface area contributed by atoms with E-state index < -0.39 is 75.8 Å². The van der Waals surface area contributed by atoms with Crippen molar-refractivity contribution in [3.8, 4) is 0 Å². The number of unbranched alkanes of at least 4 members (excludes halogenated alkanes) is 16. The summed E-state index contributed by atoms with van der Waals surface area (Å²) in [5.74, 6) is -3.46. The molecule has 0 saturated heterocycles. The molecule has 6 N–H and O–H groups in total. The zero-order valence-electron chi connectivity index (χ0n) is 37.2. The van der Waals surface area contributed by atoms with Crippen LogP contribution >= 0.6 is 7.82 Å². The van der Waals surface area contributed by atoms with Crippen molar-refractivity contribution in [2.45, 2.75) is 199 Å². The van der Waals surface area contributed by atoms with E-state index >= 15 is 0 Å². The number of phosphoric acid groups is 1. The minimum atomic E-state index is -4.79. The van der Waals surface area contributed by atoms with Gasteiger partial charge in [-0.1, -0.05) is 134 Å². The average molecular weight is 886 g/mol. The van der Waals surface area contributed by atoms with Gasteiger partial charge in [-0.2, -0.15) is 0 Å². The van der Waals surface area contributed by atoms with E-state index in [4.69, 9.17) is 24.8 Å². The number of aliphatic hydroxyl groups excluding tert-OH is 2. The van der Waals surface area contributed by atoms with Crippen molar-refractivity contribution < 1.29 is 62.5 Å². The summed E-state index contributed by atoms with van der Waals surface area (Å²) in [5.41, 5.74) is 5.33. The molecule has 0 bridgehead atoms. The molecule has 1 fully saturated rings. The first-order chi connectivity index (χ1) is 29.3. The molecule has 15 heteroatoms. The summed E-state index contributed by atoms with van der Waals surface area (Å²) in [7, 11) is -4.79. The van der Waals surface area contributed by atoms with Crippen molar-refractivity contribution in [3.05, 3.63) is 36.5 Å². The largest absolute Gasteiger partial charge is 0.480 e. The molecule has 0 radical (unpaired) electrons. The van der Waals surface area contributed by atoms with Crippen LogP contribution < -0.4 is 5.73 Å². The smallest absolute Gasteiger partial charge is 0.472 e. The van der Waals surface area contributed by atoms with Crippen molar-refractivity contribution in [2.75, 3.05) is 19.8 Å². The number of hydrogen-bond donors (Lipinski definition) is 5. The minimum Gasteiger partial charge on any atom is -0.480 e. The maximum atomic E-state index is 12.7. The van der Waals surface area contributed by atoms with Gasteiger partial charge in [-0.3, -0.25) is 28.2 Å². The van der Waals surface area contributed by atoms with Gasteiger partial charge >= 0.3 is 25.7 Å². The standard InChI is InChI=1S/C46H80NO13P/c1-3-5-7-8-9-10-11-12-13-14-15-16-17-18-19-20-25-29-44(51)57-34-38(35-58-61(55,56)59-36-41(47)46(53)54)60-45(52)30-26-22-21-24-28-39-40(43(50)33-42(39)49)32-31-37(48)27-23-6-4-2/h12-13,21,24,31-32,37-42,48-49H,3-11,14-20,22-23,25-30,33-36,47H2,1-2H3,(H,53,54)(H,55,56)/b13-12-,24-21-,32-31+/t37-,38+,39+,40+,41-,42-/m0/s1. The molecule has 61 heavy (non-hydrogen) atoms. The van der Waals surface area contributed by atoms with Crippen molar-refractivity contribution in [1.82, 2.24) is 0 Å². The number of esters is 2. The zero-order chi connectivity index (χ0) is 45.1. The SMILES string of the molecule is CCCCCCCC/C=C\CCCCCCCCCC(=O)OC[C@H](COP(=O)(O)OC[C@H](N)C(=O)O)OC(=O)CCC/C=C\C[C@H]1[C@@H](O)CC(=O)[C@@H]1/C=C/[C@@H](O)CCCCC. The third-order valence-corrected chi connectivity index (χ3v) is 11.7. The van der Waals surface area contributed by atoms with Gasteiger partial charge in [-0.15, -0.1) is 0 Å². The Morgan fingerprint density at radius 3 is 1.93 bits per heavy atom. The number of Topliss-reactive ketones (excluding diaryl/α,β-unsaturated/α-hetero) is 1. The second-order valence-electron chi connectivity index (χ2n) is 16.3. The van der Waals surface area contributed by atoms with Crippen LogP contribution in [0.25, 0.3) is 0 Å². The number of carbonyl (C=O) groups excluding carboxylic acids is 3. The van der Waals surface area contributed by atoms with Gasteiger partial charge in [0.15, 0.2) is 6.10 Å². The highest BCUT2D eigenvalue weighted by molar-refractivity contribution is 7.47. The molecule has 1 rings (SSSR count). The van der Waals surface area contributed by atoms with E-state index in [1.54, 1.807) is 12.2 Å².